The van der Waals surface area contributed by atoms with E-state index in [2.05, 4.69) is 4.72 Å². The lowest BCUT2D eigenvalue weighted by atomic mass is 10.1. The summed E-state index contributed by atoms with van der Waals surface area (Å²) in [6.07, 6.45) is 0.542. The molecule has 0 spiro atoms. The van der Waals surface area contributed by atoms with E-state index in [0.717, 1.165) is 5.56 Å². The van der Waals surface area contributed by atoms with Gasteiger partial charge in [-0.2, -0.15) is 12.7 Å². The molecule has 102 valence electrons. The highest BCUT2D eigenvalue weighted by Crippen LogP contribution is 2.03. The molecule has 1 aromatic rings. The number of hydrogen-bond donors (Lipinski definition) is 1. The highest BCUT2D eigenvalue weighted by Gasteiger charge is 2.17. The highest BCUT2D eigenvalue weighted by molar-refractivity contribution is 7.87. The van der Waals surface area contributed by atoms with Crippen molar-refractivity contribution in [3.05, 3.63) is 35.6 Å². The first kappa shape index (κ1) is 15.1. The Balaban J connectivity index is 2.48. The van der Waals surface area contributed by atoms with Gasteiger partial charge in [0.25, 0.3) is 10.2 Å². The summed E-state index contributed by atoms with van der Waals surface area (Å²) >= 11 is 0. The fraction of sp³-hybridized carbons (Fsp3) is 0.500. The van der Waals surface area contributed by atoms with Gasteiger partial charge in [0.05, 0.1) is 0 Å². The molecule has 0 heterocycles. The monoisotopic (exact) mass is 274 g/mol. The molecule has 0 radical (unpaired) electrons. The second-order valence-electron chi connectivity index (χ2n) is 3.86. The second kappa shape index (κ2) is 6.82. The van der Waals surface area contributed by atoms with Gasteiger partial charge in [0.15, 0.2) is 0 Å². The van der Waals surface area contributed by atoms with Crippen LogP contribution in [0.2, 0.25) is 0 Å². The Bertz CT molecular complexity index is 455. The van der Waals surface area contributed by atoms with Gasteiger partial charge >= 0.3 is 0 Å². The minimum atomic E-state index is -3.39. The maximum atomic E-state index is 12.7. The average molecular weight is 274 g/mol. The highest BCUT2D eigenvalue weighted by atomic mass is 32.2. The topological polar surface area (TPSA) is 49.4 Å². The molecule has 0 unspecified atom stereocenters. The van der Waals surface area contributed by atoms with Crippen LogP contribution in [0.15, 0.2) is 24.3 Å². The van der Waals surface area contributed by atoms with Crippen molar-refractivity contribution in [1.82, 2.24) is 9.03 Å². The van der Waals surface area contributed by atoms with Gasteiger partial charge in [0, 0.05) is 19.6 Å². The Morgan fingerprint density at radius 1 is 1.17 bits per heavy atom. The van der Waals surface area contributed by atoms with Crippen molar-refractivity contribution in [2.24, 2.45) is 0 Å². The van der Waals surface area contributed by atoms with Gasteiger partial charge in [0.2, 0.25) is 0 Å². The lowest BCUT2D eigenvalue weighted by Crippen LogP contribution is -2.41. The van der Waals surface area contributed by atoms with Gasteiger partial charge in [-0.1, -0.05) is 26.0 Å². The lowest BCUT2D eigenvalue weighted by Gasteiger charge is -2.18. The van der Waals surface area contributed by atoms with Crippen LogP contribution in [-0.4, -0.2) is 32.4 Å². The molecule has 0 atom stereocenters. The Morgan fingerprint density at radius 3 is 2.22 bits per heavy atom. The summed E-state index contributed by atoms with van der Waals surface area (Å²) in [6.45, 7) is 4.79. The largest absolute Gasteiger partial charge is 0.279 e. The van der Waals surface area contributed by atoms with Crippen LogP contribution in [0.5, 0.6) is 0 Å². The smallest absolute Gasteiger partial charge is 0.207 e. The SMILES string of the molecule is CCN(CC)S(=O)(=O)NCCc1ccc(F)cc1. The third kappa shape index (κ3) is 4.36. The van der Waals surface area contributed by atoms with Crippen LogP contribution in [0, 0.1) is 5.82 Å². The number of rotatable bonds is 7. The quantitative estimate of drug-likeness (QED) is 0.820. The van der Waals surface area contributed by atoms with Gasteiger partial charge in [-0.25, -0.2) is 9.11 Å². The molecule has 1 N–H and O–H groups in total. The Kier molecular flexibility index (Phi) is 5.71. The van der Waals surface area contributed by atoms with Crippen LogP contribution in [0.1, 0.15) is 19.4 Å². The average Bonchev–Trinajstić information content (AvgIpc) is 2.32. The zero-order valence-electron chi connectivity index (χ0n) is 10.7. The lowest BCUT2D eigenvalue weighted by molar-refractivity contribution is 0.435. The predicted molar refractivity (Wildman–Crippen MR) is 69.9 cm³/mol. The third-order valence-corrected chi connectivity index (χ3v) is 4.42. The van der Waals surface area contributed by atoms with Crippen molar-refractivity contribution in [3.8, 4) is 0 Å². The van der Waals surface area contributed by atoms with E-state index in [1.54, 1.807) is 26.0 Å². The Hall–Kier alpha value is -0.980. The molecule has 0 saturated carbocycles. The molecule has 0 amide bonds. The minimum Gasteiger partial charge on any atom is -0.207 e. The number of nitrogens with zero attached hydrogens (tertiary/aromatic N) is 1. The number of hydrogen-bond acceptors (Lipinski definition) is 2. The summed E-state index contributed by atoms with van der Waals surface area (Å²) in [7, 11) is -3.39. The molecule has 0 aliphatic carbocycles. The molecule has 1 rings (SSSR count). The summed E-state index contributed by atoms with van der Waals surface area (Å²) in [5.41, 5.74) is 0.902. The standard InChI is InChI=1S/C12H19FN2O2S/c1-3-15(4-2)18(16,17)14-10-9-11-5-7-12(13)8-6-11/h5-8,14H,3-4,9-10H2,1-2H3. The van der Waals surface area contributed by atoms with Gasteiger partial charge in [-0.3, -0.25) is 0 Å². The summed E-state index contributed by atoms with van der Waals surface area (Å²) in [5.74, 6) is -0.289. The zero-order valence-corrected chi connectivity index (χ0v) is 11.5. The van der Waals surface area contributed by atoms with E-state index in [1.807, 2.05) is 0 Å². The van der Waals surface area contributed by atoms with E-state index in [9.17, 15) is 12.8 Å². The fourth-order valence-electron chi connectivity index (χ4n) is 1.63. The first-order chi connectivity index (χ1) is 8.49. The van der Waals surface area contributed by atoms with Crippen molar-refractivity contribution in [1.29, 1.82) is 0 Å². The molecular weight excluding hydrogens is 255 g/mol. The predicted octanol–water partition coefficient (Wildman–Crippen LogP) is 1.54. The molecule has 0 aromatic heterocycles. The van der Waals surface area contributed by atoms with E-state index >= 15 is 0 Å². The Labute approximate surface area is 108 Å². The van der Waals surface area contributed by atoms with Crippen molar-refractivity contribution in [2.75, 3.05) is 19.6 Å². The summed E-state index contributed by atoms with van der Waals surface area (Å²) in [6, 6.07) is 6.05. The van der Waals surface area contributed by atoms with Crippen LogP contribution in [0.25, 0.3) is 0 Å². The fourth-order valence-corrected chi connectivity index (χ4v) is 2.85. The van der Waals surface area contributed by atoms with E-state index in [-0.39, 0.29) is 5.82 Å². The zero-order chi connectivity index (χ0) is 13.6. The number of nitrogens with one attached hydrogen (secondary N) is 1. The summed E-state index contributed by atoms with van der Waals surface area (Å²) < 4.78 is 40.1. The van der Waals surface area contributed by atoms with Crippen LogP contribution in [0.4, 0.5) is 4.39 Å². The molecule has 18 heavy (non-hydrogen) atoms. The molecule has 4 nitrogen and oxygen atoms in total. The second-order valence-corrected chi connectivity index (χ2v) is 5.62. The molecule has 0 fully saturated rings. The van der Waals surface area contributed by atoms with E-state index < -0.39 is 10.2 Å². The first-order valence-corrected chi connectivity index (χ1v) is 7.42. The molecule has 0 aliphatic rings. The molecule has 0 aliphatic heterocycles. The molecule has 6 heteroatoms. The van der Waals surface area contributed by atoms with Crippen LogP contribution in [-0.2, 0) is 16.6 Å². The van der Waals surface area contributed by atoms with Crippen molar-refractivity contribution in [2.45, 2.75) is 20.3 Å². The number of benzene rings is 1. The van der Waals surface area contributed by atoms with E-state index in [1.165, 1.54) is 16.4 Å². The normalized spacial score (nSPS) is 12.0. The van der Waals surface area contributed by atoms with Crippen LogP contribution >= 0.6 is 0 Å². The molecular formula is C12H19FN2O2S. The summed E-state index contributed by atoms with van der Waals surface area (Å²) in [4.78, 5) is 0. The maximum absolute atomic E-state index is 12.7. The first-order valence-electron chi connectivity index (χ1n) is 5.98. The van der Waals surface area contributed by atoms with E-state index in [0.29, 0.717) is 26.1 Å². The molecule has 0 saturated heterocycles. The van der Waals surface area contributed by atoms with Crippen LogP contribution in [0.3, 0.4) is 0 Å². The molecule has 0 bridgehead atoms. The van der Waals surface area contributed by atoms with Crippen molar-refractivity contribution >= 4 is 10.2 Å². The van der Waals surface area contributed by atoms with E-state index in [4.69, 9.17) is 0 Å². The molecule has 1 aromatic carbocycles. The van der Waals surface area contributed by atoms with Crippen LogP contribution < -0.4 is 4.72 Å². The Morgan fingerprint density at radius 2 is 1.72 bits per heavy atom. The van der Waals surface area contributed by atoms with Gasteiger partial charge < -0.3 is 0 Å². The van der Waals surface area contributed by atoms with Gasteiger partial charge in [-0.05, 0) is 24.1 Å². The number of halogens is 1. The minimum absolute atomic E-state index is 0.289. The van der Waals surface area contributed by atoms with Gasteiger partial charge in [0.1, 0.15) is 5.82 Å². The van der Waals surface area contributed by atoms with Gasteiger partial charge in [-0.15, -0.1) is 0 Å². The summed E-state index contributed by atoms with van der Waals surface area (Å²) in [5, 5.41) is 0. The maximum Gasteiger partial charge on any atom is 0.279 e. The van der Waals surface area contributed by atoms with Crippen molar-refractivity contribution < 1.29 is 12.8 Å². The third-order valence-electron chi connectivity index (χ3n) is 2.66. The van der Waals surface area contributed by atoms with Crippen molar-refractivity contribution in [3.63, 3.8) is 0 Å².